The van der Waals surface area contributed by atoms with Crippen LogP contribution in [0.25, 0.3) is 0 Å². The standard InChI is InChI=1S/C9H11ClN2O2S/c10-9-12-7(4-15-9)8(14)11-3-5-1-6(13)2-5/h4-6,13H,1-3H2,(H,11,14). The van der Waals surface area contributed by atoms with Crippen molar-refractivity contribution in [3.05, 3.63) is 15.5 Å². The van der Waals surface area contributed by atoms with Gasteiger partial charge in [-0.2, -0.15) is 0 Å². The minimum atomic E-state index is -0.195. The second-order valence-electron chi connectivity index (χ2n) is 3.69. The van der Waals surface area contributed by atoms with E-state index >= 15 is 0 Å². The van der Waals surface area contributed by atoms with Gasteiger partial charge in [0, 0.05) is 11.9 Å². The first kappa shape index (κ1) is 10.9. The van der Waals surface area contributed by atoms with E-state index in [1.807, 2.05) is 0 Å². The molecular formula is C9H11ClN2O2S. The van der Waals surface area contributed by atoms with Crippen LogP contribution in [0.15, 0.2) is 5.38 Å². The zero-order valence-electron chi connectivity index (χ0n) is 7.94. The van der Waals surface area contributed by atoms with Crippen molar-refractivity contribution in [1.29, 1.82) is 0 Å². The van der Waals surface area contributed by atoms with Gasteiger partial charge in [0.25, 0.3) is 5.91 Å². The Labute approximate surface area is 96.3 Å². The Morgan fingerprint density at radius 3 is 3.00 bits per heavy atom. The Morgan fingerprint density at radius 2 is 2.47 bits per heavy atom. The molecule has 4 nitrogen and oxygen atoms in total. The van der Waals surface area contributed by atoms with Crippen molar-refractivity contribution in [2.24, 2.45) is 5.92 Å². The number of hydrogen-bond donors (Lipinski definition) is 2. The van der Waals surface area contributed by atoms with Crippen LogP contribution in [0.5, 0.6) is 0 Å². The fourth-order valence-electron chi connectivity index (χ4n) is 1.55. The summed E-state index contributed by atoms with van der Waals surface area (Å²) in [7, 11) is 0. The molecule has 1 amide bonds. The molecule has 1 aliphatic carbocycles. The Hall–Kier alpha value is -0.650. The highest BCUT2D eigenvalue weighted by molar-refractivity contribution is 7.14. The third kappa shape index (κ3) is 2.68. The van der Waals surface area contributed by atoms with Crippen LogP contribution in [-0.4, -0.2) is 28.6 Å². The molecule has 0 radical (unpaired) electrons. The molecule has 2 N–H and O–H groups in total. The number of aromatic nitrogens is 1. The van der Waals surface area contributed by atoms with Crippen molar-refractivity contribution in [3.63, 3.8) is 0 Å². The Balaban J connectivity index is 1.78. The van der Waals surface area contributed by atoms with Crippen LogP contribution in [0.1, 0.15) is 23.3 Å². The molecule has 6 heteroatoms. The van der Waals surface area contributed by atoms with Gasteiger partial charge in [-0.05, 0) is 18.8 Å². The van der Waals surface area contributed by atoms with Crippen LogP contribution < -0.4 is 5.32 Å². The lowest BCUT2D eigenvalue weighted by Gasteiger charge is -2.31. The number of halogens is 1. The summed E-state index contributed by atoms with van der Waals surface area (Å²) in [5.74, 6) is 0.206. The summed E-state index contributed by atoms with van der Waals surface area (Å²) in [6, 6.07) is 0. The monoisotopic (exact) mass is 246 g/mol. The normalized spacial score (nSPS) is 24.7. The zero-order chi connectivity index (χ0) is 10.8. The van der Waals surface area contributed by atoms with E-state index in [1.54, 1.807) is 5.38 Å². The lowest BCUT2D eigenvalue weighted by Crippen LogP contribution is -2.38. The molecule has 0 bridgehead atoms. The highest BCUT2D eigenvalue weighted by Gasteiger charge is 2.27. The van der Waals surface area contributed by atoms with Gasteiger partial charge in [-0.25, -0.2) is 4.98 Å². The predicted octanol–water partition coefficient (Wildman–Crippen LogP) is 1.30. The number of carbonyl (C=O) groups excluding carboxylic acids is 1. The quantitative estimate of drug-likeness (QED) is 0.845. The summed E-state index contributed by atoms with van der Waals surface area (Å²) in [6.45, 7) is 0.602. The molecule has 1 saturated carbocycles. The van der Waals surface area contributed by atoms with Gasteiger partial charge in [-0.3, -0.25) is 4.79 Å². The van der Waals surface area contributed by atoms with Gasteiger partial charge in [0.15, 0.2) is 4.47 Å². The van der Waals surface area contributed by atoms with E-state index in [1.165, 1.54) is 11.3 Å². The maximum atomic E-state index is 11.5. The van der Waals surface area contributed by atoms with E-state index in [9.17, 15) is 4.79 Å². The highest BCUT2D eigenvalue weighted by Crippen LogP contribution is 2.26. The first-order chi connectivity index (χ1) is 7.15. The van der Waals surface area contributed by atoms with Gasteiger partial charge in [-0.15, -0.1) is 11.3 Å². The van der Waals surface area contributed by atoms with Crippen molar-refractivity contribution >= 4 is 28.8 Å². The number of aliphatic hydroxyl groups is 1. The average Bonchev–Trinajstić information content (AvgIpc) is 2.57. The fourth-order valence-corrected chi connectivity index (χ4v) is 2.30. The molecule has 1 heterocycles. The molecule has 0 aliphatic heterocycles. The van der Waals surface area contributed by atoms with E-state index in [-0.39, 0.29) is 12.0 Å². The van der Waals surface area contributed by atoms with Gasteiger partial charge >= 0.3 is 0 Å². The number of nitrogens with one attached hydrogen (secondary N) is 1. The summed E-state index contributed by atoms with van der Waals surface area (Å²) in [4.78, 5) is 15.4. The zero-order valence-corrected chi connectivity index (χ0v) is 9.51. The first-order valence-corrected chi connectivity index (χ1v) is 5.98. The topological polar surface area (TPSA) is 62.2 Å². The van der Waals surface area contributed by atoms with Crippen LogP contribution in [0.2, 0.25) is 4.47 Å². The number of nitrogens with zero attached hydrogens (tertiary/aromatic N) is 1. The van der Waals surface area contributed by atoms with Gasteiger partial charge in [-0.1, -0.05) is 11.6 Å². The van der Waals surface area contributed by atoms with E-state index in [2.05, 4.69) is 10.3 Å². The molecule has 15 heavy (non-hydrogen) atoms. The van der Waals surface area contributed by atoms with Gasteiger partial charge in [0.1, 0.15) is 5.69 Å². The van der Waals surface area contributed by atoms with E-state index in [0.29, 0.717) is 22.6 Å². The predicted molar refractivity (Wildman–Crippen MR) is 58.2 cm³/mol. The van der Waals surface area contributed by atoms with Gasteiger partial charge < -0.3 is 10.4 Å². The molecule has 0 unspecified atom stereocenters. The van der Waals surface area contributed by atoms with E-state index in [0.717, 1.165) is 12.8 Å². The SMILES string of the molecule is O=C(NCC1CC(O)C1)c1csc(Cl)n1. The second kappa shape index (κ2) is 4.47. The molecule has 0 aromatic carbocycles. The number of rotatable bonds is 3. The summed E-state index contributed by atoms with van der Waals surface area (Å²) in [5, 5.41) is 13.5. The summed E-state index contributed by atoms with van der Waals surface area (Å²) in [6.07, 6.45) is 1.37. The van der Waals surface area contributed by atoms with Crippen LogP contribution in [-0.2, 0) is 0 Å². The number of amides is 1. The minimum absolute atomic E-state index is 0.180. The van der Waals surface area contributed by atoms with Gasteiger partial charge in [0.05, 0.1) is 6.10 Å². The molecule has 1 aliphatic rings. The maximum Gasteiger partial charge on any atom is 0.270 e. The second-order valence-corrected chi connectivity index (χ2v) is 5.13. The average molecular weight is 247 g/mol. The number of aliphatic hydroxyl groups excluding tert-OH is 1. The van der Waals surface area contributed by atoms with Crippen LogP contribution in [0.3, 0.4) is 0 Å². The van der Waals surface area contributed by atoms with Crippen LogP contribution >= 0.6 is 22.9 Å². The third-order valence-corrected chi connectivity index (χ3v) is 3.45. The molecule has 0 saturated heterocycles. The Kier molecular flexibility index (Phi) is 3.23. The molecule has 2 rings (SSSR count). The van der Waals surface area contributed by atoms with Crippen molar-refractivity contribution in [1.82, 2.24) is 10.3 Å². The summed E-state index contributed by atoms with van der Waals surface area (Å²) in [5.41, 5.74) is 0.366. The lowest BCUT2D eigenvalue weighted by atomic mass is 9.82. The van der Waals surface area contributed by atoms with Gasteiger partial charge in [0.2, 0.25) is 0 Å². The van der Waals surface area contributed by atoms with Crippen molar-refractivity contribution in [2.75, 3.05) is 6.54 Å². The van der Waals surface area contributed by atoms with E-state index in [4.69, 9.17) is 16.7 Å². The largest absolute Gasteiger partial charge is 0.393 e. The molecule has 82 valence electrons. The Morgan fingerprint density at radius 1 is 1.73 bits per heavy atom. The smallest absolute Gasteiger partial charge is 0.270 e. The number of thiazole rings is 1. The summed E-state index contributed by atoms with van der Waals surface area (Å²) < 4.78 is 0.374. The molecule has 0 atom stereocenters. The first-order valence-electron chi connectivity index (χ1n) is 4.72. The third-order valence-electron chi connectivity index (χ3n) is 2.47. The lowest BCUT2D eigenvalue weighted by molar-refractivity contribution is 0.0420. The molecule has 0 spiro atoms. The van der Waals surface area contributed by atoms with Crippen LogP contribution in [0, 0.1) is 5.92 Å². The molecule has 1 aromatic heterocycles. The minimum Gasteiger partial charge on any atom is -0.393 e. The van der Waals surface area contributed by atoms with Crippen molar-refractivity contribution in [2.45, 2.75) is 18.9 Å². The molecule has 1 aromatic rings. The Bertz CT molecular complexity index is 363. The summed E-state index contributed by atoms with van der Waals surface area (Å²) >= 11 is 6.86. The number of hydrogen-bond acceptors (Lipinski definition) is 4. The highest BCUT2D eigenvalue weighted by atomic mass is 35.5. The van der Waals surface area contributed by atoms with Crippen LogP contribution in [0.4, 0.5) is 0 Å². The molecule has 1 fully saturated rings. The van der Waals surface area contributed by atoms with Crippen molar-refractivity contribution in [3.8, 4) is 0 Å². The maximum absolute atomic E-state index is 11.5. The van der Waals surface area contributed by atoms with Crippen molar-refractivity contribution < 1.29 is 9.90 Å². The number of carbonyl (C=O) groups is 1. The fraction of sp³-hybridized carbons (Fsp3) is 0.556. The molecular weight excluding hydrogens is 236 g/mol. The van der Waals surface area contributed by atoms with E-state index < -0.39 is 0 Å².